The van der Waals surface area contributed by atoms with Crippen molar-refractivity contribution in [3.8, 4) is 0 Å². The van der Waals surface area contributed by atoms with Gasteiger partial charge in [-0.3, -0.25) is 9.78 Å². The highest BCUT2D eigenvalue weighted by atomic mass is 16.1. The van der Waals surface area contributed by atoms with Gasteiger partial charge in [0.25, 0.3) is 5.91 Å². The molecule has 1 saturated heterocycles. The van der Waals surface area contributed by atoms with E-state index in [-0.39, 0.29) is 5.91 Å². The third-order valence-corrected chi connectivity index (χ3v) is 4.32. The van der Waals surface area contributed by atoms with Crippen LogP contribution >= 0.6 is 0 Å². The Balaban J connectivity index is 1.46. The summed E-state index contributed by atoms with van der Waals surface area (Å²) >= 11 is 0. The summed E-state index contributed by atoms with van der Waals surface area (Å²) in [5.74, 6) is -0.140. The van der Waals surface area contributed by atoms with Crippen LogP contribution < -0.4 is 5.32 Å². The molecule has 0 radical (unpaired) electrons. The van der Waals surface area contributed by atoms with Crippen LogP contribution in [0.25, 0.3) is 11.0 Å². The minimum absolute atomic E-state index is 0.140. The van der Waals surface area contributed by atoms with E-state index in [1.54, 1.807) is 6.20 Å². The Labute approximate surface area is 137 Å². The fourth-order valence-electron chi connectivity index (χ4n) is 3.02. The van der Waals surface area contributed by atoms with E-state index in [2.05, 4.69) is 20.2 Å². The van der Waals surface area contributed by atoms with Crippen LogP contribution in [-0.4, -0.2) is 47.0 Å². The van der Waals surface area contributed by atoms with Crippen molar-refractivity contribution in [1.29, 1.82) is 0 Å². The van der Waals surface area contributed by atoms with Gasteiger partial charge in [0.05, 0.1) is 17.2 Å². The van der Waals surface area contributed by atoms with Gasteiger partial charge in [-0.15, -0.1) is 0 Å². The molecule has 0 aliphatic carbocycles. The van der Waals surface area contributed by atoms with Crippen molar-refractivity contribution in [1.82, 2.24) is 20.2 Å². The topological polar surface area (TPSA) is 58.1 Å². The Morgan fingerprint density at radius 2 is 1.83 bits per heavy atom. The fourth-order valence-corrected chi connectivity index (χ4v) is 3.02. The van der Waals surface area contributed by atoms with Crippen molar-refractivity contribution in [3.63, 3.8) is 0 Å². The molecule has 1 aromatic carbocycles. The van der Waals surface area contributed by atoms with E-state index in [4.69, 9.17) is 0 Å². The lowest BCUT2D eigenvalue weighted by molar-refractivity contribution is 0.0946. The Kier molecular flexibility index (Phi) is 5.53. The third kappa shape index (κ3) is 4.48. The highest BCUT2D eigenvalue weighted by molar-refractivity contribution is 5.93. The van der Waals surface area contributed by atoms with Crippen LogP contribution in [0.5, 0.6) is 0 Å². The molecule has 1 fully saturated rings. The number of fused-ring (bicyclic) bond motifs is 1. The molecule has 0 bridgehead atoms. The lowest BCUT2D eigenvalue weighted by Crippen LogP contribution is -2.31. The lowest BCUT2D eigenvalue weighted by Gasteiger charge is -2.19. The first kappa shape index (κ1) is 15.9. The maximum absolute atomic E-state index is 12.2. The molecule has 1 N–H and O–H groups in total. The molecule has 2 heterocycles. The molecule has 1 amide bonds. The second-order valence-electron chi connectivity index (χ2n) is 6.11. The third-order valence-electron chi connectivity index (χ3n) is 4.32. The predicted molar refractivity (Wildman–Crippen MR) is 91.4 cm³/mol. The predicted octanol–water partition coefficient (Wildman–Crippen LogP) is 2.63. The monoisotopic (exact) mass is 312 g/mol. The van der Waals surface area contributed by atoms with E-state index in [1.807, 2.05) is 24.3 Å². The van der Waals surface area contributed by atoms with E-state index >= 15 is 0 Å². The standard InChI is InChI=1S/C18H24N4O/c23-18(17-14-20-15-8-3-4-9-16(15)21-17)19-10-7-13-22-11-5-1-2-6-12-22/h3-4,8-9,14H,1-2,5-7,10-13H2,(H,19,23). The summed E-state index contributed by atoms with van der Waals surface area (Å²) in [5, 5.41) is 2.95. The van der Waals surface area contributed by atoms with Crippen molar-refractivity contribution < 1.29 is 4.79 Å². The summed E-state index contributed by atoms with van der Waals surface area (Å²) in [5.41, 5.74) is 1.95. The highest BCUT2D eigenvalue weighted by Gasteiger charge is 2.10. The molecule has 5 heteroatoms. The summed E-state index contributed by atoms with van der Waals surface area (Å²) in [4.78, 5) is 23.3. The number of hydrogen-bond donors (Lipinski definition) is 1. The second kappa shape index (κ2) is 8.02. The average molecular weight is 312 g/mol. The summed E-state index contributed by atoms with van der Waals surface area (Å²) in [6.45, 7) is 4.14. The number of carbonyl (C=O) groups excluding carboxylic acids is 1. The minimum atomic E-state index is -0.140. The number of rotatable bonds is 5. The van der Waals surface area contributed by atoms with E-state index in [0.29, 0.717) is 12.2 Å². The fraction of sp³-hybridized carbons (Fsp3) is 0.500. The van der Waals surface area contributed by atoms with Crippen LogP contribution in [0.15, 0.2) is 30.5 Å². The smallest absolute Gasteiger partial charge is 0.271 e. The molecule has 0 unspecified atom stereocenters. The maximum Gasteiger partial charge on any atom is 0.271 e. The molecular formula is C18H24N4O. The Morgan fingerprint density at radius 1 is 1.09 bits per heavy atom. The van der Waals surface area contributed by atoms with E-state index in [1.165, 1.54) is 38.8 Å². The Bertz CT molecular complexity index is 650. The van der Waals surface area contributed by atoms with Crippen LogP contribution in [0.2, 0.25) is 0 Å². The van der Waals surface area contributed by atoms with Gasteiger partial charge in [0.15, 0.2) is 0 Å². The lowest BCUT2D eigenvalue weighted by atomic mass is 10.2. The molecule has 0 atom stereocenters. The number of carbonyl (C=O) groups is 1. The number of hydrogen-bond acceptors (Lipinski definition) is 4. The largest absolute Gasteiger partial charge is 0.351 e. The van der Waals surface area contributed by atoms with Crippen LogP contribution in [0.3, 0.4) is 0 Å². The van der Waals surface area contributed by atoms with Gasteiger partial charge in [-0.2, -0.15) is 0 Å². The number of benzene rings is 1. The molecular weight excluding hydrogens is 288 g/mol. The minimum Gasteiger partial charge on any atom is -0.351 e. The highest BCUT2D eigenvalue weighted by Crippen LogP contribution is 2.10. The number of para-hydroxylation sites is 2. The second-order valence-corrected chi connectivity index (χ2v) is 6.11. The van der Waals surface area contributed by atoms with Gasteiger partial charge < -0.3 is 10.2 Å². The van der Waals surface area contributed by atoms with Crippen molar-refractivity contribution >= 4 is 16.9 Å². The first-order valence-electron chi connectivity index (χ1n) is 8.55. The number of likely N-dealkylation sites (tertiary alicyclic amines) is 1. The van der Waals surface area contributed by atoms with Crippen LogP contribution in [0.1, 0.15) is 42.6 Å². The number of amides is 1. The molecule has 23 heavy (non-hydrogen) atoms. The van der Waals surface area contributed by atoms with E-state index < -0.39 is 0 Å². The number of aromatic nitrogens is 2. The van der Waals surface area contributed by atoms with Crippen molar-refractivity contribution in [3.05, 3.63) is 36.2 Å². The number of nitrogens with one attached hydrogen (secondary N) is 1. The normalized spacial score (nSPS) is 16.2. The zero-order valence-electron chi connectivity index (χ0n) is 13.5. The molecule has 1 aliphatic heterocycles. The quantitative estimate of drug-likeness (QED) is 0.862. The Hall–Kier alpha value is -2.01. The SMILES string of the molecule is O=C(NCCCN1CCCCCC1)c1cnc2ccccc2n1. The summed E-state index contributed by atoms with van der Waals surface area (Å²) < 4.78 is 0. The van der Waals surface area contributed by atoms with Crippen molar-refractivity contribution in [2.24, 2.45) is 0 Å². The van der Waals surface area contributed by atoms with Crippen molar-refractivity contribution in [2.45, 2.75) is 32.1 Å². The molecule has 1 aliphatic rings. The van der Waals surface area contributed by atoms with Gasteiger partial charge in [-0.05, 0) is 51.0 Å². The van der Waals surface area contributed by atoms with Gasteiger partial charge >= 0.3 is 0 Å². The van der Waals surface area contributed by atoms with E-state index in [0.717, 1.165) is 24.0 Å². The van der Waals surface area contributed by atoms with Crippen LogP contribution in [0.4, 0.5) is 0 Å². The zero-order valence-corrected chi connectivity index (χ0v) is 13.5. The maximum atomic E-state index is 12.2. The molecule has 3 rings (SSSR count). The first-order valence-corrected chi connectivity index (χ1v) is 8.55. The summed E-state index contributed by atoms with van der Waals surface area (Å²) in [6, 6.07) is 7.59. The summed E-state index contributed by atoms with van der Waals surface area (Å²) in [7, 11) is 0. The summed E-state index contributed by atoms with van der Waals surface area (Å²) in [6.07, 6.45) is 7.85. The molecule has 122 valence electrons. The Morgan fingerprint density at radius 3 is 2.61 bits per heavy atom. The molecule has 2 aromatic rings. The van der Waals surface area contributed by atoms with Crippen LogP contribution in [0, 0.1) is 0 Å². The van der Waals surface area contributed by atoms with E-state index in [9.17, 15) is 4.79 Å². The number of nitrogens with zero attached hydrogens (tertiary/aromatic N) is 3. The molecule has 0 saturated carbocycles. The molecule has 0 spiro atoms. The van der Waals surface area contributed by atoms with Gasteiger partial charge in [0.2, 0.25) is 0 Å². The van der Waals surface area contributed by atoms with Crippen molar-refractivity contribution in [2.75, 3.05) is 26.2 Å². The first-order chi connectivity index (χ1) is 11.3. The van der Waals surface area contributed by atoms with Gasteiger partial charge in [-0.1, -0.05) is 25.0 Å². The molecule has 5 nitrogen and oxygen atoms in total. The average Bonchev–Trinajstić information content (AvgIpc) is 2.87. The van der Waals surface area contributed by atoms with Crippen LogP contribution in [-0.2, 0) is 0 Å². The van der Waals surface area contributed by atoms with Gasteiger partial charge in [0.1, 0.15) is 5.69 Å². The molecule has 1 aromatic heterocycles. The van der Waals surface area contributed by atoms with Gasteiger partial charge in [0, 0.05) is 6.54 Å². The zero-order chi connectivity index (χ0) is 15.9. The van der Waals surface area contributed by atoms with Gasteiger partial charge in [-0.25, -0.2) is 4.98 Å².